The number of nitrogens with two attached hydrogens (primary N) is 2. The highest BCUT2D eigenvalue weighted by atomic mass is 19.1. The maximum atomic E-state index is 13.7. The zero-order chi connectivity index (χ0) is 18.7. The molecule has 3 rings (SSSR count). The van der Waals surface area contributed by atoms with Gasteiger partial charge < -0.3 is 21.5 Å². The molecule has 1 amide bonds. The van der Waals surface area contributed by atoms with Crippen molar-refractivity contribution in [2.24, 2.45) is 0 Å². The Bertz CT molecular complexity index is 956. The highest BCUT2D eigenvalue weighted by molar-refractivity contribution is 6.06. The number of rotatable bonds is 4. The standard InChI is InChI=1S/C20H18FN3O2/c1-26-15-6-2-12(3-7-15)20(25)24-19-11-14(5-9-18(19)23)13-4-8-17(22)16(21)10-13/h2-11H,22-23H2,1H3,(H,24,25). The quantitative estimate of drug-likeness (QED) is 0.622. The van der Waals surface area contributed by atoms with Gasteiger partial charge in [-0.2, -0.15) is 0 Å². The molecule has 0 saturated carbocycles. The van der Waals surface area contributed by atoms with Gasteiger partial charge in [0.2, 0.25) is 0 Å². The summed E-state index contributed by atoms with van der Waals surface area (Å²) in [6, 6.07) is 16.4. The van der Waals surface area contributed by atoms with Crippen molar-refractivity contribution in [3.63, 3.8) is 0 Å². The molecule has 5 nitrogen and oxygen atoms in total. The van der Waals surface area contributed by atoms with Crippen molar-refractivity contribution < 1.29 is 13.9 Å². The predicted molar refractivity (Wildman–Crippen MR) is 102 cm³/mol. The molecule has 0 fully saturated rings. The summed E-state index contributed by atoms with van der Waals surface area (Å²) in [4.78, 5) is 12.4. The number of ether oxygens (including phenoxy) is 1. The molecule has 0 aliphatic carbocycles. The van der Waals surface area contributed by atoms with Gasteiger partial charge in [0.15, 0.2) is 0 Å². The van der Waals surface area contributed by atoms with Crippen molar-refractivity contribution in [2.45, 2.75) is 0 Å². The number of benzene rings is 3. The summed E-state index contributed by atoms with van der Waals surface area (Å²) in [5.74, 6) is -0.142. The smallest absolute Gasteiger partial charge is 0.255 e. The van der Waals surface area contributed by atoms with E-state index < -0.39 is 5.82 Å². The number of amides is 1. The molecule has 0 unspecified atom stereocenters. The van der Waals surface area contributed by atoms with Gasteiger partial charge in [0.05, 0.1) is 24.2 Å². The largest absolute Gasteiger partial charge is 0.497 e. The molecule has 26 heavy (non-hydrogen) atoms. The first-order valence-corrected chi connectivity index (χ1v) is 7.88. The molecule has 0 atom stereocenters. The fourth-order valence-electron chi connectivity index (χ4n) is 2.49. The number of nitrogens with one attached hydrogen (secondary N) is 1. The van der Waals surface area contributed by atoms with Crippen molar-refractivity contribution in [1.82, 2.24) is 0 Å². The van der Waals surface area contributed by atoms with Crippen LogP contribution >= 0.6 is 0 Å². The van der Waals surface area contributed by atoms with Gasteiger partial charge in [-0.15, -0.1) is 0 Å². The molecule has 3 aromatic rings. The molecular formula is C20H18FN3O2. The lowest BCUT2D eigenvalue weighted by Crippen LogP contribution is -2.13. The van der Waals surface area contributed by atoms with E-state index in [1.165, 1.54) is 12.1 Å². The summed E-state index contributed by atoms with van der Waals surface area (Å²) in [6.45, 7) is 0. The van der Waals surface area contributed by atoms with E-state index in [1.54, 1.807) is 55.6 Å². The number of hydrogen-bond acceptors (Lipinski definition) is 4. The topological polar surface area (TPSA) is 90.4 Å². The summed E-state index contributed by atoms with van der Waals surface area (Å²) in [5.41, 5.74) is 14.2. The summed E-state index contributed by atoms with van der Waals surface area (Å²) < 4.78 is 18.8. The fraction of sp³-hybridized carbons (Fsp3) is 0.0500. The van der Waals surface area contributed by atoms with E-state index in [2.05, 4.69) is 5.32 Å². The van der Waals surface area contributed by atoms with E-state index in [9.17, 15) is 9.18 Å². The Morgan fingerprint density at radius 3 is 2.15 bits per heavy atom. The van der Waals surface area contributed by atoms with Gasteiger partial charge in [-0.05, 0) is 59.7 Å². The molecule has 0 radical (unpaired) electrons. The minimum absolute atomic E-state index is 0.0808. The zero-order valence-corrected chi connectivity index (χ0v) is 14.1. The van der Waals surface area contributed by atoms with Crippen LogP contribution in [-0.4, -0.2) is 13.0 Å². The second kappa shape index (κ2) is 7.14. The number of methoxy groups -OCH3 is 1. The Kier molecular flexibility index (Phi) is 4.75. The summed E-state index contributed by atoms with van der Waals surface area (Å²) >= 11 is 0. The van der Waals surface area contributed by atoms with Crippen molar-refractivity contribution in [2.75, 3.05) is 23.9 Å². The fourth-order valence-corrected chi connectivity index (χ4v) is 2.49. The average molecular weight is 351 g/mol. The van der Waals surface area contributed by atoms with Crippen molar-refractivity contribution in [1.29, 1.82) is 0 Å². The van der Waals surface area contributed by atoms with E-state index in [4.69, 9.17) is 16.2 Å². The lowest BCUT2D eigenvalue weighted by molar-refractivity contribution is 0.102. The predicted octanol–water partition coefficient (Wildman–Crippen LogP) is 3.92. The van der Waals surface area contributed by atoms with Gasteiger partial charge >= 0.3 is 0 Å². The van der Waals surface area contributed by atoms with Crippen LogP contribution in [0.15, 0.2) is 60.7 Å². The first kappa shape index (κ1) is 17.3. The van der Waals surface area contributed by atoms with Gasteiger partial charge in [-0.1, -0.05) is 12.1 Å². The second-order valence-electron chi connectivity index (χ2n) is 5.72. The van der Waals surface area contributed by atoms with Crippen LogP contribution in [-0.2, 0) is 0 Å². The Labute approximate surface area is 150 Å². The molecule has 0 aliphatic heterocycles. The minimum atomic E-state index is -0.497. The SMILES string of the molecule is COc1ccc(C(=O)Nc2cc(-c3ccc(N)c(F)c3)ccc2N)cc1. The molecule has 0 aromatic heterocycles. The molecule has 3 aromatic carbocycles. The minimum Gasteiger partial charge on any atom is -0.497 e. The van der Waals surface area contributed by atoms with Crippen LogP contribution in [0.5, 0.6) is 5.75 Å². The van der Waals surface area contributed by atoms with E-state index in [0.29, 0.717) is 33.8 Å². The third-order valence-electron chi connectivity index (χ3n) is 3.99. The summed E-state index contributed by atoms with van der Waals surface area (Å²) in [6.07, 6.45) is 0. The Hall–Kier alpha value is -3.54. The monoisotopic (exact) mass is 351 g/mol. The molecule has 0 spiro atoms. The lowest BCUT2D eigenvalue weighted by atomic mass is 10.0. The van der Waals surface area contributed by atoms with Crippen LogP contribution in [0.1, 0.15) is 10.4 Å². The zero-order valence-electron chi connectivity index (χ0n) is 14.1. The molecular weight excluding hydrogens is 333 g/mol. The number of halogens is 1. The maximum Gasteiger partial charge on any atom is 0.255 e. The van der Waals surface area contributed by atoms with Crippen LogP contribution in [0.4, 0.5) is 21.5 Å². The lowest BCUT2D eigenvalue weighted by Gasteiger charge is -2.11. The second-order valence-corrected chi connectivity index (χ2v) is 5.72. The molecule has 0 aliphatic rings. The van der Waals surface area contributed by atoms with E-state index in [-0.39, 0.29) is 11.6 Å². The van der Waals surface area contributed by atoms with Crippen molar-refractivity contribution >= 4 is 23.0 Å². The van der Waals surface area contributed by atoms with Crippen molar-refractivity contribution in [3.8, 4) is 16.9 Å². The maximum absolute atomic E-state index is 13.7. The first-order chi connectivity index (χ1) is 12.5. The van der Waals surface area contributed by atoms with Gasteiger partial charge in [0.25, 0.3) is 5.91 Å². The highest BCUT2D eigenvalue weighted by Crippen LogP contribution is 2.29. The van der Waals surface area contributed by atoms with Crippen LogP contribution in [0, 0.1) is 5.82 Å². The Balaban J connectivity index is 1.87. The van der Waals surface area contributed by atoms with Crippen LogP contribution in [0.25, 0.3) is 11.1 Å². The van der Waals surface area contributed by atoms with Gasteiger partial charge in [0.1, 0.15) is 11.6 Å². The Morgan fingerprint density at radius 1 is 0.923 bits per heavy atom. The molecule has 6 heteroatoms. The van der Waals surface area contributed by atoms with Crippen LogP contribution in [0.2, 0.25) is 0 Å². The molecule has 132 valence electrons. The summed E-state index contributed by atoms with van der Waals surface area (Å²) in [5, 5.41) is 2.78. The Morgan fingerprint density at radius 2 is 1.54 bits per heavy atom. The third-order valence-corrected chi connectivity index (χ3v) is 3.99. The van der Waals surface area contributed by atoms with E-state index >= 15 is 0 Å². The van der Waals surface area contributed by atoms with E-state index in [0.717, 1.165) is 0 Å². The first-order valence-electron chi connectivity index (χ1n) is 7.88. The van der Waals surface area contributed by atoms with Gasteiger partial charge in [-0.25, -0.2) is 4.39 Å². The number of nitrogen functional groups attached to an aromatic ring is 2. The summed E-state index contributed by atoms with van der Waals surface area (Å²) in [7, 11) is 1.56. The highest BCUT2D eigenvalue weighted by Gasteiger charge is 2.10. The van der Waals surface area contributed by atoms with Crippen molar-refractivity contribution in [3.05, 3.63) is 72.0 Å². The molecule has 0 bridgehead atoms. The molecule has 5 N–H and O–H groups in total. The number of carbonyl (C=O) groups excluding carboxylic acids is 1. The van der Waals surface area contributed by atoms with Gasteiger partial charge in [-0.3, -0.25) is 4.79 Å². The molecule has 0 heterocycles. The molecule has 0 saturated heterocycles. The average Bonchev–Trinajstić information content (AvgIpc) is 2.66. The normalized spacial score (nSPS) is 10.4. The van der Waals surface area contributed by atoms with Crippen LogP contribution in [0.3, 0.4) is 0 Å². The van der Waals surface area contributed by atoms with Gasteiger partial charge in [0, 0.05) is 5.56 Å². The van der Waals surface area contributed by atoms with E-state index in [1.807, 2.05) is 0 Å². The number of carbonyl (C=O) groups is 1. The third kappa shape index (κ3) is 3.59. The van der Waals surface area contributed by atoms with Crippen LogP contribution < -0.4 is 21.5 Å². The number of hydrogen-bond donors (Lipinski definition) is 3. The number of anilines is 3.